The van der Waals surface area contributed by atoms with E-state index in [4.69, 9.17) is 21.1 Å². The van der Waals surface area contributed by atoms with E-state index in [1.807, 2.05) is 23.6 Å². The van der Waals surface area contributed by atoms with Crippen molar-refractivity contribution in [1.29, 1.82) is 0 Å². The molecule has 2 heterocycles. The number of anilines is 1. The molecule has 7 nitrogen and oxygen atoms in total. The minimum absolute atomic E-state index is 0.0229. The van der Waals surface area contributed by atoms with E-state index >= 15 is 4.39 Å². The molecule has 41 heavy (non-hydrogen) atoms. The Kier molecular flexibility index (Phi) is 7.74. The highest BCUT2D eigenvalue weighted by Gasteiger charge is 2.39. The summed E-state index contributed by atoms with van der Waals surface area (Å²) in [4.78, 5) is 12.6. The zero-order chi connectivity index (χ0) is 29.5. The quantitative estimate of drug-likeness (QED) is 0.294. The van der Waals surface area contributed by atoms with Crippen LogP contribution in [0.2, 0.25) is 5.02 Å². The van der Waals surface area contributed by atoms with Crippen LogP contribution in [0.5, 0.6) is 5.75 Å². The van der Waals surface area contributed by atoms with Gasteiger partial charge in [0.2, 0.25) is 10.0 Å². The Labute approximate surface area is 242 Å². The Hall–Kier alpha value is -3.63. The van der Waals surface area contributed by atoms with Crippen molar-refractivity contribution in [2.75, 3.05) is 30.3 Å². The summed E-state index contributed by atoms with van der Waals surface area (Å²) in [5.41, 5.74) is 0.965. The number of sulfonamides is 1. The molecule has 5 rings (SSSR count). The van der Waals surface area contributed by atoms with Crippen LogP contribution in [0.3, 0.4) is 0 Å². The normalized spacial score (nSPS) is 21.6. The minimum Gasteiger partial charge on any atom is -0.488 e. The molecule has 216 valence electrons. The Bertz CT molecular complexity index is 1680. The standard InChI is InChI=1S/C30H29ClF2N2O5S/c1-19-8-10-26(25-16-22(31)9-11-27(25)40-18-21-6-4-7-28(32)30(21,2)33)35(19)24-15-20(29(36)39-3)14-23(17-24)34-12-5-13-41(34,37)38/h4,6-11,14-17,28H,5,12-13,18H2,1-3H3. The van der Waals surface area contributed by atoms with Crippen LogP contribution >= 0.6 is 11.6 Å². The van der Waals surface area contributed by atoms with E-state index in [-0.39, 0.29) is 23.5 Å². The lowest BCUT2D eigenvalue weighted by atomic mass is 9.89. The molecule has 0 saturated carbocycles. The number of halogens is 3. The molecule has 0 N–H and O–H groups in total. The van der Waals surface area contributed by atoms with Gasteiger partial charge >= 0.3 is 5.97 Å². The molecule has 1 aliphatic heterocycles. The number of aromatic nitrogens is 1. The zero-order valence-electron chi connectivity index (χ0n) is 22.7. The van der Waals surface area contributed by atoms with Crippen molar-refractivity contribution in [3.05, 3.63) is 88.6 Å². The first-order valence-electron chi connectivity index (χ1n) is 13.0. The first kappa shape index (κ1) is 28.9. The summed E-state index contributed by atoms with van der Waals surface area (Å²) in [6, 6.07) is 13.5. The van der Waals surface area contributed by atoms with Crippen LogP contribution < -0.4 is 9.04 Å². The van der Waals surface area contributed by atoms with Gasteiger partial charge in [-0.15, -0.1) is 0 Å². The number of aryl methyl sites for hydroxylation is 1. The van der Waals surface area contributed by atoms with Crippen LogP contribution in [0.25, 0.3) is 16.9 Å². The van der Waals surface area contributed by atoms with E-state index in [2.05, 4.69) is 0 Å². The molecule has 1 saturated heterocycles. The van der Waals surface area contributed by atoms with Crippen molar-refractivity contribution in [1.82, 2.24) is 4.57 Å². The number of ether oxygens (including phenoxy) is 2. The number of allylic oxidation sites excluding steroid dienone is 3. The van der Waals surface area contributed by atoms with Gasteiger partial charge in [0, 0.05) is 34.1 Å². The molecule has 2 unspecified atom stereocenters. The molecule has 3 aromatic rings. The second-order valence-corrected chi connectivity index (χ2v) is 12.6. The molecule has 0 amide bonds. The van der Waals surface area contributed by atoms with E-state index in [1.165, 1.54) is 36.6 Å². The first-order chi connectivity index (χ1) is 19.4. The largest absolute Gasteiger partial charge is 0.488 e. The summed E-state index contributed by atoms with van der Waals surface area (Å²) in [7, 11) is -2.27. The summed E-state index contributed by atoms with van der Waals surface area (Å²) < 4.78 is 68.9. The van der Waals surface area contributed by atoms with Crippen LogP contribution in [-0.4, -0.2) is 56.8 Å². The highest BCUT2D eigenvalue weighted by molar-refractivity contribution is 7.93. The van der Waals surface area contributed by atoms with Crippen molar-refractivity contribution in [2.24, 2.45) is 0 Å². The van der Waals surface area contributed by atoms with Gasteiger partial charge < -0.3 is 14.0 Å². The number of carbonyl (C=O) groups excluding carboxylic acids is 1. The predicted octanol–water partition coefficient (Wildman–Crippen LogP) is 6.37. The summed E-state index contributed by atoms with van der Waals surface area (Å²) in [5.74, 6) is -0.213. The summed E-state index contributed by atoms with van der Waals surface area (Å²) in [6.45, 7) is 3.15. The molecule has 0 bridgehead atoms. The second-order valence-electron chi connectivity index (χ2n) is 10.2. The number of methoxy groups -OCH3 is 1. The molecule has 0 spiro atoms. The van der Waals surface area contributed by atoms with Crippen molar-refractivity contribution in [3.8, 4) is 22.7 Å². The molecule has 11 heteroatoms. The van der Waals surface area contributed by atoms with Gasteiger partial charge in [-0.1, -0.05) is 23.8 Å². The van der Waals surface area contributed by atoms with Gasteiger partial charge in [-0.05, 0) is 74.9 Å². The van der Waals surface area contributed by atoms with Crippen LogP contribution in [0.15, 0.2) is 72.3 Å². The van der Waals surface area contributed by atoms with E-state index in [0.29, 0.717) is 46.4 Å². The van der Waals surface area contributed by atoms with Gasteiger partial charge in [0.25, 0.3) is 0 Å². The minimum atomic E-state index is -3.52. The van der Waals surface area contributed by atoms with Gasteiger partial charge in [-0.25, -0.2) is 22.0 Å². The molecule has 2 aliphatic rings. The maximum Gasteiger partial charge on any atom is 0.337 e. The Balaban J connectivity index is 1.60. The topological polar surface area (TPSA) is 77.8 Å². The van der Waals surface area contributed by atoms with E-state index < -0.39 is 27.8 Å². The molecule has 2 atom stereocenters. The van der Waals surface area contributed by atoms with Crippen LogP contribution in [-0.2, 0) is 14.8 Å². The summed E-state index contributed by atoms with van der Waals surface area (Å²) in [5, 5.41) is 0.420. The lowest BCUT2D eigenvalue weighted by Gasteiger charge is -2.28. The molecule has 1 aliphatic carbocycles. The maximum absolute atomic E-state index is 15.1. The zero-order valence-corrected chi connectivity index (χ0v) is 24.3. The molecule has 2 aromatic carbocycles. The second kappa shape index (κ2) is 11.0. The predicted molar refractivity (Wildman–Crippen MR) is 155 cm³/mol. The van der Waals surface area contributed by atoms with Gasteiger partial charge in [0.1, 0.15) is 12.4 Å². The van der Waals surface area contributed by atoms with Crippen LogP contribution in [0.1, 0.15) is 29.4 Å². The molecule has 1 fully saturated rings. The number of benzene rings is 2. The lowest BCUT2D eigenvalue weighted by molar-refractivity contribution is 0.0600. The van der Waals surface area contributed by atoms with Gasteiger partial charge in [0.05, 0.1) is 29.8 Å². The number of esters is 1. The fourth-order valence-electron chi connectivity index (χ4n) is 5.09. The van der Waals surface area contributed by atoms with E-state index in [0.717, 1.165) is 11.8 Å². The monoisotopic (exact) mass is 602 g/mol. The third-order valence-corrected chi connectivity index (χ3v) is 9.47. The third kappa shape index (κ3) is 5.50. The number of nitrogens with zero attached hydrogens (tertiary/aromatic N) is 2. The number of hydrogen-bond donors (Lipinski definition) is 0. The van der Waals surface area contributed by atoms with Gasteiger partial charge in [0.15, 0.2) is 11.8 Å². The SMILES string of the molecule is COC(=O)c1cc(N2CCCS2(=O)=O)cc(-n2c(C)ccc2-c2cc(Cl)ccc2OCC2=CC=CC(F)C2(C)F)c1. The Morgan fingerprint density at radius 1 is 1.15 bits per heavy atom. The van der Waals surface area contributed by atoms with Crippen molar-refractivity contribution >= 4 is 33.3 Å². The average Bonchev–Trinajstić information content (AvgIpc) is 3.50. The fraction of sp³-hybridized carbons (Fsp3) is 0.300. The average molecular weight is 603 g/mol. The molecular formula is C30H29ClF2N2O5S. The van der Waals surface area contributed by atoms with Crippen LogP contribution in [0.4, 0.5) is 14.5 Å². The fourth-order valence-corrected chi connectivity index (χ4v) is 6.81. The van der Waals surface area contributed by atoms with Crippen molar-refractivity contribution < 1.29 is 31.5 Å². The smallest absolute Gasteiger partial charge is 0.337 e. The summed E-state index contributed by atoms with van der Waals surface area (Å²) in [6.07, 6.45) is 2.83. The lowest BCUT2D eigenvalue weighted by Crippen LogP contribution is -2.36. The number of alkyl halides is 2. The van der Waals surface area contributed by atoms with Gasteiger partial charge in [-0.2, -0.15) is 0 Å². The molecule has 1 aromatic heterocycles. The first-order valence-corrected chi connectivity index (χ1v) is 15.0. The van der Waals surface area contributed by atoms with E-state index in [9.17, 15) is 17.6 Å². The van der Waals surface area contributed by atoms with Crippen molar-refractivity contribution in [2.45, 2.75) is 32.1 Å². The number of hydrogen-bond acceptors (Lipinski definition) is 5. The Morgan fingerprint density at radius 3 is 2.61 bits per heavy atom. The number of carbonyl (C=O) groups is 1. The molecule has 0 radical (unpaired) electrons. The Morgan fingerprint density at radius 2 is 1.90 bits per heavy atom. The van der Waals surface area contributed by atoms with E-state index in [1.54, 1.807) is 30.3 Å². The van der Waals surface area contributed by atoms with Crippen LogP contribution in [0, 0.1) is 6.92 Å². The molecular weight excluding hydrogens is 574 g/mol. The van der Waals surface area contributed by atoms with Gasteiger partial charge in [-0.3, -0.25) is 4.31 Å². The highest BCUT2D eigenvalue weighted by atomic mass is 35.5. The summed E-state index contributed by atoms with van der Waals surface area (Å²) >= 11 is 6.38. The third-order valence-electron chi connectivity index (χ3n) is 7.37. The maximum atomic E-state index is 15.1. The number of rotatable bonds is 7. The highest BCUT2D eigenvalue weighted by Crippen LogP contribution is 2.39. The van der Waals surface area contributed by atoms with Crippen molar-refractivity contribution in [3.63, 3.8) is 0 Å².